The summed E-state index contributed by atoms with van der Waals surface area (Å²) in [7, 11) is 2.05. The number of nitrogens with one attached hydrogen (secondary N) is 1. The van der Waals surface area contributed by atoms with Gasteiger partial charge in [0.2, 0.25) is 0 Å². The highest BCUT2D eigenvalue weighted by Crippen LogP contribution is 2.32. The second-order valence-electron chi connectivity index (χ2n) is 8.10. The molecule has 0 unspecified atom stereocenters. The quantitative estimate of drug-likeness (QED) is 0.526. The number of aromatic amines is 1. The smallest absolute Gasteiger partial charge is 0.258 e. The lowest BCUT2D eigenvalue weighted by Crippen LogP contribution is -2.25. The number of hydrogen-bond donors (Lipinski definition) is 2. The van der Waals surface area contributed by atoms with Crippen LogP contribution in [-0.4, -0.2) is 63.5 Å². The van der Waals surface area contributed by atoms with Gasteiger partial charge in [-0.25, -0.2) is 0 Å². The molecule has 0 saturated heterocycles. The Labute approximate surface area is 186 Å². The number of amides is 1. The van der Waals surface area contributed by atoms with Crippen molar-refractivity contribution in [2.75, 3.05) is 26.7 Å². The summed E-state index contributed by atoms with van der Waals surface area (Å²) in [6, 6.07) is 8.90. The Morgan fingerprint density at radius 2 is 1.97 bits per heavy atom. The van der Waals surface area contributed by atoms with Crippen LogP contribution in [0.15, 0.2) is 30.3 Å². The molecular formula is C24H28N4O4. The zero-order chi connectivity index (χ0) is 22.8. The van der Waals surface area contributed by atoms with E-state index in [0.717, 1.165) is 30.0 Å². The number of Topliss-reactive ketones (excluding diaryl/α,β-unsaturated/α-hetero) is 1. The summed E-state index contributed by atoms with van der Waals surface area (Å²) in [6.45, 7) is 7.17. The molecule has 0 aliphatic carbocycles. The van der Waals surface area contributed by atoms with Crippen molar-refractivity contribution in [2.45, 2.75) is 33.4 Å². The second kappa shape index (κ2) is 9.00. The number of carbonyl (C=O) groups is 2. The predicted octanol–water partition coefficient (Wildman–Crippen LogP) is 3.35. The first-order valence-electron chi connectivity index (χ1n) is 10.9. The van der Waals surface area contributed by atoms with Gasteiger partial charge in [-0.2, -0.15) is 5.10 Å². The Kier molecular flexibility index (Phi) is 6.14. The summed E-state index contributed by atoms with van der Waals surface area (Å²) in [6.07, 6.45) is 0.310. The topological polar surface area (TPSA) is 98.8 Å². The predicted molar refractivity (Wildman–Crippen MR) is 121 cm³/mol. The first-order valence-corrected chi connectivity index (χ1v) is 10.9. The molecule has 1 aliphatic heterocycles. The number of aromatic hydroxyl groups is 1. The number of phenolic OH excluding ortho intramolecular Hbond substituents is 1. The Hall–Kier alpha value is -3.39. The summed E-state index contributed by atoms with van der Waals surface area (Å²) in [5, 5.41) is 17.8. The summed E-state index contributed by atoms with van der Waals surface area (Å²) in [5.74, 6) is 0.241. The molecule has 0 atom stereocenters. The molecule has 1 amide bonds. The molecular weight excluding hydrogens is 408 g/mol. The van der Waals surface area contributed by atoms with Gasteiger partial charge in [0, 0.05) is 37.5 Å². The van der Waals surface area contributed by atoms with E-state index in [1.54, 1.807) is 17.9 Å². The van der Waals surface area contributed by atoms with Crippen LogP contribution >= 0.6 is 0 Å². The third kappa shape index (κ3) is 4.18. The monoisotopic (exact) mass is 436 g/mol. The van der Waals surface area contributed by atoms with Crippen LogP contribution in [0.3, 0.4) is 0 Å². The van der Waals surface area contributed by atoms with E-state index < -0.39 is 0 Å². The maximum absolute atomic E-state index is 13.2. The fraction of sp³-hybridized carbons (Fsp3) is 0.375. The van der Waals surface area contributed by atoms with Crippen molar-refractivity contribution >= 4 is 22.6 Å². The number of ether oxygens (including phenoxy) is 1. The normalized spacial score (nSPS) is 13.1. The highest BCUT2D eigenvalue weighted by atomic mass is 16.5. The van der Waals surface area contributed by atoms with Gasteiger partial charge in [-0.15, -0.1) is 0 Å². The molecule has 4 rings (SSSR count). The Morgan fingerprint density at radius 1 is 1.19 bits per heavy atom. The Morgan fingerprint density at radius 3 is 2.72 bits per heavy atom. The number of fused-ring (bicyclic) bond motifs is 2. The number of carbonyl (C=O) groups excluding carboxylic acids is 2. The van der Waals surface area contributed by atoms with Crippen LogP contribution in [0.4, 0.5) is 0 Å². The van der Waals surface area contributed by atoms with Crippen molar-refractivity contribution in [3.8, 4) is 11.5 Å². The van der Waals surface area contributed by atoms with E-state index in [-0.39, 0.29) is 28.7 Å². The van der Waals surface area contributed by atoms with E-state index in [0.29, 0.717) is 37.0 Å². The highest BCUT2D eigenvalue weighted by molar-refractivity contribution is 6.09. The molecule has 0 spiro atoms. The SMILES string of the molecule is CCC(=O)c1n[nH]c2cc(O)c(C(=O)N3Cc4ccc(OCCN(C)CC)cc4C3)cc12. The molecule has 1 aromatic heterocycles. The number of phenols is 1. The van der Waals surface area contributed by atoms with Gasteiger partial charge in [0.25, 0.3) is 5.91 Å². The van der Waals surface area contributed by atoms with Gasteiger partial charge in [0.05, 0.1) is 11.1 Å². The minimum atomic E-state index is -0.288. The van der Waals surface area contributed by atoms with E-state index in [1.807, 2.05) is 25.2 Å². The van der Waals surface area contributed by atoms with Crippen molar-refractivity contribution in [1.82, 2.24) is 20.0 Å². The number of hydrogen-bond acceptors (Lipinski definition) is 6. The van der Waals surface area contributed by atoms with Crippen molar-refractivity contribution < 1.29 is 19.4 Å². The molecule has 8 heteroatoms. The van der Waals surface area contributed by atoms with Gasteiger partial charge in [-0.3, -0.25) is 14.7 Å². The molecule has 2 aromatic carbocycles. The molecule has 0 saturated carbocycles. The minimum absolute atomic E-state index is 0.119. The summed E-state index contributed by atoms with van der Waals surface area (Å²) in [4.78, 5) is 29.3. The maximum Gasteiger partial charge on any atom is 0.258 e. The largest absolute Gasteiger partial charge is 0.507 e. The summed E-state index contributed by atoms with van der Waals surface area (Å²) < 4.78 is 5.86. The van der Waals surface area contributed by atoms with Gasteiger partial charge in [-0.05, 0) is 42.9 Å². The molecule has 2 N–H and O–H groups in total. The number of H-pyrrole nitrogens is 1. The maximum atomic E-state index is 13.2. The van der Waals surface area contributed by atoms with Crippen LogP contribution < -0.4 is 4.74 Å². The van der Waals surface area contributed by atoms with Gasteiger partial charge < -0.3 is 19.6 Å². The zero-order valence-corrected chi connectivity index (χ0v) is 18.6. The second-order valence-corrected chi connectivity index (χ2v) is 8.10. The average molecular weight is 437 g/mol. The van der Waals surface area contributed by atoms with E-state index in [4.69, 9.17) is 4.74 Å². The van der Waals surface area contributed by atoms with Crippen LogP contribution in [0.5, 0.6) is 11.5 Å². The third-order valence-electron chi connectivity index (χ3n) is 5.96. The number of aromatic nitrogens is 2. The zero-order valence-electron chi connectivity index (χ0n) is 18.6. The van der Waals surface area contributed by atoms with Gasteiger partial charge in [0.1, 0.15) is 23.8 Å². The van der Waals surface area contributed by atoms with Gasteiger partial charge >= 0.3 is 0 Å². The van der Waals surface area contributed by atoms with E-state index >= 15 is 0 Å². The lowest BCUT2D eigenvalue weighted by atomic mass is 10.1. The van der Waals surface area contributed by atoms with Crippen LogP contribution in [0, 0.1) is 0 Å². The number of nitrogens with zero attached hydrogens (tertiary/aromatic N) is 3. The number of rotatable bonds is 8. The first-order chi connectivity index (χ1) is 15.4. The molecule has 1 aliphatic rings. The van der Waals surface area contributed by atoms with E-state index in [1.165, 1.54) is 6.07 Å². The summed E-state index contributed by atoms with van der Waals surface area (Å²) >= 11 is 0. The van der Waals surface area contributed by atoms with Crippen molar-refractivity contribution in [1.29, 1.82) is 0 Å². The number of likely N-dealkylation sites (N-methyl/N-ethyl adjacent to an activating group) is 1. The molecule has 2 heterocycles. The first kappa shape index (κ1) is 21.8. The molecule has 32 heavy (non-hydrogen) atoms. The average Bonchev–Trinajstić information content (AvgIpc) is 3.40. The molecule has 3 aromatic rings. The van der Waals surface area contributed by atoms with E-state index in [9.17, 15) is 14.7 Å². The van der Waals surface area contributed by atoms with Crippen molar-refractivity contribution in [2.24, 2.45) is 0 Å². The molecule has 8 nitrogen and oxygen atoms in total. The molecule has 0 bridgehead atoms. The number of benzene rings is 2. The van der Waals surface area contributed by atoms with Crippen LogP contribution in [0.25, 0.3) is 10.9 Å². The fourth-order valence-corrected chi connectivity index (χ4v) is 3.86. The Balaban J connectivity index is 1.51. The number of ketones is 1. The molecule has 168 valence electrons. The fourth-order valence-electron chi connectivity index (χ4n) is 3.86. The van der Waals surface area contributed by atoms with Crippen LogP contribution in [0.1, 0.15) is 52.2 Å². The highest BCUT2D eigenvalue weighted by Gasteiger charge is 2.27. The van der Waals surface area contributed by atoms with Crippen LogP contribution in [-0.2, 0) is 13.1 Å². The summed E-state index contributed by atoms with van der Waals surface area (Å²) in [5.41, 5.74) is 3.07. The molecule has 0 fully saturated rings. The lowest BCUT2D eigenvalue weighted by Gasteiger charge is -2.16. The van der Waals surface area contributed by atoms with Gasteiger partial charge in [-0.1, -0.05) is 19.9 Å². The Bertz CT molecular complexity index is 1170. The lowest BCUT2D eigenvalue weighted by molar-refractivity contribution is 0.0748. The van der Waals surface area contributed by atoms with Crippen LogP contribution in [0.2, 0.25) is 0 Å². The van der Waals surface area contributed by atoms with Gasteiger partial charge in [0.15, 0.2) is 5.78 Å². The third-order valence-corrected chi connectivity index (χ3v) is 5.96. The van der Waals surface area contributed by atoms with E-state index in [2.05, 4.69) is 22.0 Å². The van der Waals surface area contributed by atoms with Crippen molar-refractivity contribution in [3.05, 3.63) is 52.7 Å². The minimum Gasteiger partial charge on any atom is -0.507 e. The standard InChI is InChI=1S/C24H28N4O4/c1-4-21(29)23-18-11-19(22(30)12-20(18)25-26-23)24(31)28-13-15-6-7-17(10-16(15)14-28)32-9-8-27(3)5-2/h6-7,10-12,30H,4-5,8-9,13-14H2,1-3H3,(H,25,26). The molecule has 0 radical (unpaired) electrons. The van der Waals surface area contributed by atoms with Crippen molar-refractivity contribution in [3.63, 3.8) is 0 Å².